The lowest BCUT2D eigenvalue weighted by molar-refractivity contribution is 0.299. The van der Waals surface area contributed by atoms with Gasteiger partial charge in [0.2, 0.25) is 5.89 Å². The van der Waals surface area contributed by atoms with Crippen LogP contribution in [0.2, 0.25) is 0 Å². The van der Waals surface area contributed by atoms with Crippen molar-refractivity contribution in [2.24, 2.45) is 5.73 Å². The van der Waals surface area contributed by atoms with Gasteiger partial charge in [-0.1, -0.05) is 43.3 Å². The van der Waals surface area contributed by atoms with Crippen LogP contribution < -0.4 is 5.73 Å². The zero-order chi connectivity index (χ0) is 14.5. The van der Waals surface area contributed by atoms with E-state index in [1.807, 2.05) is 7.05 Å². The highest BCUT2D eigenvalue weighted by Crippen LogP contribution is 2.15. The summed E-state index contributed by atoms with van der Waals surface area (Å²) in [6.07, 6.45) is 0. The van der Waals surface area contributed by atoms with Crippen LogP contribution in [0.25, 0.3) is 0 Å². The Bertz CT molecular complexity index is 533. The molecule has 0 radical (unpaired) electrons. The summed E-state index contributed by atoms with van der Waals surface area (Å²) in [5.41, 5.74) is 8.09. The molecule has 0 unspecified atom stereocenters. The molecular formula is C15H22N4O. The summed E-state index contributed by atoms with van der Waals surface area (Å²) in [4.78, 5) is 6.35. The summed E-state index contributed by atoms with van der Waals surface area (Å²) >= 11 is 0. The number of nitrogens with two attached hydrogens (primary N) is 1. The molecule has 5 heteroatoms. The quantitative estimate of drug-likeness (QED) is 0.875. The number of aromatic nitrogens is 2. The Morgan fingerprint density at radius 1 is 1.20 bits per heavy atom. The molecule has 0 saturated heterocycles. The summed E-state index contributed by atoms with van der Waals surface area (Å²) in [7, 11) is 2.04. The van der Waals surface area contributed by atoms with Crippen LogP contribution in [-0.2, 0) is 19.6 Å². The molecule has 0 bridgehead atoms. The zero-order valence-electron chi connectivity index (χ0n) is 12.3. The Morgan fingerprint density at radius 3 is 2.45 bits per heavy atom. The van der Waals surface area contributed by atoms with E-state index in [9.17, 15) is 0 Å². The fourth-order valence-corrected chi connectivity index (χ4v) is 2.05. The van der Waals surface area contributed by atoms with Crippen molar-refractivity contribution in [3.63, 3.8) is 0 Å². The standard InChI is InChI=1S/C15H22N4O/c1-11(2)13-6-4-12(5-7-13)9-19(3)10-14-17-15(8-16)20-18-14/h4-7,11H,8-10,16H2,1-3H3. The van der Waals surface area contributed by atoms with Gasteiger partial charge in [-0.05, 0) is 24.1 Å². The predicted octanol–water partition coefficient (Wildman–Crippen LogP) is 2.28. The van der Waals surface area contributed by atoms with E-state index in [1.165, 1.54) is 11.1 Å². The Kier molecular flexibility index (Phi) is 4.87. The second-order valence-electron chi connectivity index (χ2n) is 5.38. The van der Waals surface area contributed by atoms with Crippen LogP contribution in [0.1, 0.15) is 42.6 Å². The summed E-state index contributed by atoms with van der Waals surface area (Å²) in [5, 5.41) is 3.90. The molecule has 5 nitrogen and oxygen atoms in total. The van der Waals surface area contributed by atoms with Crippen LogP contribution in [-0.4, -0.2) is 22.1 Å². The first-order chi connectivity index (χ1) is 9.58. The number of rotatable bonds is 6. The summed E-state index contributed by atoms with van der Waals surface area (Å²) < 4.78 is 4.99. The van der Waals surface area contributed by atoms with E-state index in [-0.39, 0.29) is 6.54 Å². The van der Waals surface area contributed by atoms with Crippen molar-refractivity contribution in [1.82, 2.24) is 15.0 Å². The highest BCUT2D eigenvalue weighted by molar-refractivity contribution is 5.24. The smallest absolute Gasteiger partial charge is 0.240 e. The molecule has 20 heavy (non-hydrogen) atoms. The Morgan fingerprint density at radius 2 is 1.90 bits per heavy atom. The Hall–Kier alpha value is -1.72. The molecule has 0 spiro atoms. The van der Waals surface area contributed by atoms with Crippen LogP contribution in [0.5, 0.6) is 0 Å². The van der Waals surface area contributed by atoms with E-state index in [0.717, 1.165) is 6.54 Å². The number of benzene rings is 1. The van der Waals surface area contributed by atoms with Crippen molar-refractivity contribution < 1.29 is 4.52 Å². The van der Waals surface area contributed by atoms with Crippen LogP contribution in [0, 0.1) is 0 Å². The fourth-order valence-electron chi connectivity index (χ4n) is 2.05. The second-order valence-corrected chi connectivity index (χ2v) is 5.38. The van der Waals surface area contributed by atoms with E-state index >= 15 is 0 Å². The topological polar surface area (TPSA) is 68.2 Å². The molecule has 0 amide bonds. The molecule has 0 fully saturated rings. The van der Waals surface area contributed by atoms with Crippen molar-refractivity contribution in [2.45, 2.75) is 39.4 Å². The Balaban J connectivity index is 1.92. The van der Waals surface area contributed by atoms with Gasteiger partial charge in [0, 0.05) is 6.54 Å². The van der Waals surface area contributed by atoms with Crippen LogP contribution in [0.4, 0.5) is 0 Å². The maximum absolute atomic E-state index is 5.45. The van der Waals surface area contributed by atoms with E-state index in [4.69, 9.17) is 10.3 Å². The molecule has 1 heterocycles. The zero-order valence-corrected chi connectivity index (χ0v) is 12.3. The molecule has 1 aromatic heterocycles. The van der Waals surface area contributed by atoms with E-state index in [0.29, 0.717) is 24.2 Å². The van der Waals surface area contributed by atoms with Gasteiger partial charge < -0.3 is 10.3 Å². The van der Waals surface area contributed by atoms with Gasteiger partial charge in [-0.3, -0.25) is 4.90 Å². The number of hydrogen-bond acceptors (Lipinski definition) is 5. The summed E-state index contributed by atoms with van der Waals surface area (Å²) in [6, 6.07) is 8.73. The molecule has 2 N–H and O–H groups in total. The minimum Gasteiger partial charge on any atom is -0.338 e. The lowest BCUT2D eigenvalue weighted by atomic mass is 10.0. The van der Waals surface area contributed by atoms with Crippen molar-refractivity contribution in [3.05, 3.63) is 47.1 Å². The molecule has 0 aliphatic heterocycles. The molecule has 1 aromatic carbocycles. The minimum absolute atomic E-state index is 0.285. The maximum atomic E-state index is 5.45. The largest absolute Gasteiger partial charge is 0.338 e. The van der Waals surface area contributed by atoms with Crippen molar-refractivity contribution in [2.75, 3.05) is 7.05 Å². The average Bonchev–Trinajstić information content (AvgIpc) is 2.86. The first-order valence-corrected chi connectivity index (χ1v) is 6.87. The van der Waals surface area contributed by atoms with Crippen LogP contribution >= 0.6 is 0 Å². The number of hydrogen-bond donors (Lipinski definition) is 1. The minimum atomic E-state index is 0.285. The van der Waals surface area contributed by atoms with Gasteiger partial charge in [0.25, 0.3) is 0 Å². The van der Waals surface area contributed by atoms with Crippen molar-refractivity contribution >= 4 is 0 Å². The normalized spacial score (nSPS) is 11.5. The molecule has 0 aliphatic rings. The lowest BCUT2D eigenvalue weighted by Crippen LogP contribution is -2.18. The SMILES string of the molecule is CC(C)c1ccc(CN(C)Cc2noc(CN)n2)cc1. The summed E-state index contributed by atoms with van der Waals surface area (Å²) in [6.45, 7) is 6.19. The number of nitrogens with zero attached hydrogens (tertiary/aromatic N) is 3. The van der Waals surface area contributed by atoms with E-state index in [1.54, 1.807) is 0 Å². The predicted molar refractivity (Wildman–Crippen MR) is 77.9 cm³/mol. The first-order valence-electron chi connectivity index (χ1n) is 6.87. The summed E-state index contributed by atoms with van der Waals surface area (Å²) in [5.74, 6) is 1.72. The second kappa shape index (κ2) is 6.63. The van der Waals surface area contributed by atoms with E-state index < -0.39 is 0 Å². The van der Waals surface area contributed by atoms with Gasteiger partial charge >= 0.3 is 0 Å². The lowest BCUT2D eigenvalue weighted by Gasteiger charge is -2.15. The molecule has 108 valence electrons. The Labute approximate surface area is 119 Å². The molecule has 2 rings (SSSR count). The van der Waals surface area contributed by atoms with Crippen LogP contribution in [0.15, 0.2) is 28.8 Å². The fraction of sp³-hybridized carbons (Fsp3) is 0.467. The van der Waals surface area contributed by atoms with Gasteiger partial charge in [-0.25, -0.2) is 0 Å². The molecule has 0 aliphatic carbocycles. The first kappa shape index (κ1) is 14.7. The molecule has 0 saturated carbocycles. The average molecular weight is 274 g/mol. The highest BCUT2D eigenvalue weighted by Gasteiger charge is 2.08. The third-order valence-electron chi connectivity index (χ3n) is 3.19. The van der Waals surface area contributed by atoms with Gasteiger partial charge in [0.15, 0.2) is 5.82 Å². The van der Waals surface area contributed by atoms with Crippen molar-refractivity contribution in [3.8, 4) is 0 Å². The molecule has 0 atom stereocenters. The van der Waals surface area contributed by atoms with Gasteiger partial charge in [0.05, 0.1) is 13.1 Å². The third-order valence-corrected chi connectivity index (χ3v) is 3.19. The van der Waals surface area contributed by atoms with Gasteiger partial charge in [0.1, 0.15) is 0 Å². The highest BCUT2D eigenvalue weighted by atomic mass is 16.5. The van der Waals surface area contributed by atoms with E-state index in [2.05, 4.69) is 53.2 Å². The maximum Gasteiger partial charge on any atom is 0.240 e. The van der Waals surface area contributed by atoms with Crippen molar-refractivity contribution in [1.29, 1.82) is 0 Å². The molecular weight excluding hydrogens is 252 g/mol. The van der Waals surface area contributed by atoms with Gasteiger partial charge in [-0.2, -0.15) is 4.98 Å². The molecule has 2 aromatic rings. The monoisotopic (exact) mass is 274 g/mol. The van der Waals surface area contributed by atoms with Crippen LogP contribution in [0.3, 0.4) is 0 Å². The van der Waals surface area contributed by atoms with Gasteiger partial charge in [-0.15, -0.1) is 0 Å². The third kappa shape index (κ3) is 3.88.